The molecule has 1 N–H and O–H groups in total. The fourth-order valence-corrected chi connectivity index (χ4v) is 4.95. The van der Waals surface area contributed by atoms with Gasteiger partial charge in [0.1, 0.15) is 0 Å². The maximum absolute atomic E-state index is 12.4. The van der Waals surface area contributed by atoms with Crippen LogP contribution in [0.3, 0.4) is 0 Å². The summed E-state index contributed by atoms with van der Waals surface area (Å²) in [6.45, 7) is 8.05. The van der Waals surface area contributed by atoms with Gasteiger partial charge in [-0.25, -0.2) is 8.42 Å². The molecule has 1 heterocycles. The van der Waals surface area contributed by atoms with Crippen LogP contribution < -0.4 is 5.32 Å². The number of benzene rings is 1. The molecule has 1 aliphatic rings. The molecule has 18 heavy (non-hydrogen) atoms. The van der Waals surface area contributed by atoms with E-state index >= 15 is 0 Å². The average Bonchev–Trinajstić information content (AvgIpc) is 2.17. The first kappa shape index (κ1) is 13.9. The molecule has 1 aliphatic heterocycles. The smallest absolute Gasteiger partial charge is 0.182 e. The van der Waals surface area contributed by atoms with Crippen LogP contribution in [0.5, 0.6) is 0 Å². The van der Waals surface area contributed by atoms with Gasteiger partial charge in [-0.05, 0) is 46.0 Å². The number of sulfone groups is 1. The van der Waals surface area contributed by atoms with E-state index in [0.29, 0.717) is 10.6 Å². The fraction of sp³-hybridized carbons (Fsp3) is 0.538. The van der Waals surface area contributed by atoms with Gasteiger partial charge in [-0.2, -0.15) is 0 Å². The molecule has 0 aromatic heterocycles. The number of anilines is 1. The summed E-state index contributed by atoms with van der Waals surface area (Å²) < 4.78 is 25.6. The highest BCUT2D eigenvalue weighted by Gasteiger charge is 2.37. The van der Waals surface area contributed by atoms with Gasteiger partial charge in [0.2, 0.25) is 0 Å². The van der Waals surface area contributed by atoms with E-state index in [2.05, 4.69) is 21.2 Å². The van der Waals surface area contributed by atoms with Crippen LogP contribution in [0.4, 0.5) is 5.69 Å². The highest BCUT2D eigenvalue weighted by atomic mass is 79.9. The van der Waals surface area contributed by atoms with Crippen molar-refractivity contribution in [1.29, 1.82) is 0 Å². The molecule has 0 radical (unpaired) electrons. The Balaban J connectivity index is 2.61. The molecule has 3 nitrogen and oxygen atoms in total. The quantitative estimate of drug-likeness (QED) is 0.792. The Bertz CT molecular complexity index is 588. The van der Waals surface area contributed by atoms with Gasteiger partial charge < -0.3 is 5.32 Å². The van der Waals surface area contributed by atoms with E-state index in [1.54, 1.807) is 6.07 Å². The van der Waals surface area contributed by atoms with Crippen molar-refractivity contribution in [3.8, 4) is 0 Å². The second kappa shape index (κ2) is 4.23. The Hall–Kier alpha value is -0.550. The standard InChI is InChI=1S/C13H18BrNO2S/c1-8-5-9(14)12-10(6-8)18(16,17)7-11(15-12)13(2,3)4/h5-6,11,15H,7H2,1-4H3. The SMILES string of the molecule is Cc1cc(Br)c2c(c1)S(=O)(=O)CC(C(C)(C)C)N2. The summed E-state index contributed by atoms with van der Waals surface area (Å²) in [4.78, 5) is 0.412. The minimum Gasteiger partial charge on any atom is -0.379 e. The summed E-state index contributed by atoms with van der Waals surface area (Å²) >= 11 is 3.45. The third-order valence-corrected chi connectivity index (χ3v) is 5.67. The van der Waals surface area contributed by atoms with Crippen molar-refractivity contribution in [2.24, 2.45) is 5.41 Å². The van der Waals surface area contributed by atoms with Gasteiger partial charge in [0, 0.05) is 10.5 Å². The van der Waals surface area contributed by atoms with E-state index in [4.69, 9.17) is 0 Å². The molecular formula is C13H18BrNO2S. The van der Waals surface area contributed by atoms with Crippen LogP contribution in [0.2, 0.25) is 0 Å². The zero-order chi connectivity index (χ0) is 13.7. The van der Waals surface area contributed by atoms with E-state index < -0.39 is 9.84 Å². The first-order valence-electron chi connectivity index (χ1n) is 5.91. The van der Waals surface area contributed by atoms with Crippen LogP contribution >= 0.6 is 15.9 Å². The summed E-state index contributed by atoms with van der Waals surface area (Å²) in [7, 11) is -3.21. The lowest BCUT2D eigenvalue weighted by atomic mass is 9.87. The molecule has 1 unspecified atom stereocenters. The molecule has 0 fully saturated rings. The normalized spacial score (nSPS) is 22.2. The molecule has 0 saturated heterocycles. The molecule has 1 aromatic carbocycles. The summed E-state index contributed by atoms with van der Waals surface area (Å²) in [6, 6.07) is 3.60. The van der Waals surface area contributed by atoms with Crippen molar-refractivity contribution >= 4 is 31.5 Å². The fourth-order valence-electron chi connectivity index (χ4n) is 2.09. The van der Waals surface area contributed by atoms with Crippen molar-refractivity contribution in [3.63, 3.8) is 0 Å². The molecular weight excluding hydrogens is 314 g/mol. The third kappa shape index (κ3) is 2.43. The van der Waals surface area contributed by atoms with Gasteiger partial charge in [0.25, 0.3) is 0 Å². The molecule has 0 amide bonds. The molecule has 1 atom stereocenters. The molecule has 5 heteroatoms. The van der Waals surface area contributed by atoms with Gasteiger partial charge >= 0.3 is 0 Å². The van der Waals surface area contributed by atoms with E-state index in [1.807, 2.05) is 33.8 Å². The maximum atomic E-state index is 12.4. The van der Waals surface area contributed by atoms with Gasteiger partial charge in [-0.1, -0.05) is 20.8 Å². The van der Waals surface area contributed by atoms with Crippen molar-refractivity contribution in [1.82, 2.24) is 0 Å². The summed E-state index contributed by atoms with van der Waals surface area (Å²) in [5.41, 5.74) is 1.54. The van der Waals surface area contributed by atoms with Crippen LogP contribution in [0.1, 0.15) is 26.3 Å². The second-order valence-corrected chi connectivity index (χ2v) is 8.82. The van der Waals surface area contributed by atoms with E-state index in [1.165, 1.54) is 0 Å². The highest BCUT2D eigenvalue weighted by Crippen LogP contribution is 2.39. The van der Waals surface area contributed by atoms with Gasteiger partial charge in [-0.3, -0.25) is 0 Å². The number of halogens is 1. The van der Waals surface area contributed by atoms with Crippen molar-refractivity contribution < 1.29 is 8.42 Å². The zero-order valence-corrected chi connectivity index (χ0v) is 13.4. The predicted octanol–water partition coefficient (Wildman–Crippen LogP) is 3.37. The number of hydrogen-bond donors (Lipinski definition) is 1. The number of aryl methyl sites for hydroxylation is 1. The van der Waals surface area contributed by atoms with Crippen LogP contribution in [-0.4, -0.2) is 20.2 Å². The molecule has 0 saturated carbocycles. The summed E-state index contributed by atoms with van der Waals surface area (Å²) in [5, 5.41) is 3.36. The van der Waals surface area contributed by atoms with Gasteiger partial charge in [0.15, 0.2) is 9.84 Å². The van der Waals surface area contributed by atoms with Crippen LogP contribution in [0.25, 0.3) is 0 Å². The first-order valence-corrected chi connectivity index (χ1v) is 8.35. The third-order valence-electron chi connectivity index (χ3n) is 3.28. The van der Waals surface area contributed by atoms with Gasteiger partial charge in [-0.15, -0.1) is 0 Å². The number of fused-ring (bicyclic) bond motifs is 1. The maximum Gasteiger partial charge on any atom is 0.182 e. The Labute approximate surface area is 117 Å². The predicted molar refractivity (Wildman–Crippen MR) is 77.8 cm³/mol. The second-order valence-electron chi connectivity index (χ2n) is 5.96. The Morgan fingerprint density at radius 2 is 1.94 bits per heavy atom. The van der Waals surface area contributed by atoms with Crippen LogP contribution in [0, 0.1) is 12.3 Å². The monoisotopic (exact) mass is 331 g/mol. The van der Waals surface area contributed by atoms with E-state index in [-0.39, 0.29) is 17.2 Å². The van der Waals surface area contributed by atoms with Crippen molar-refractivity contribution in [3.05, 3.63) is 22.2 Å². The minimum absolute atomic E-state index is 0.0750. The number of rotatable bonds is 0. The van der Waals surface area contributed by atoms with Gasteiger partial charge in [0.05, 0.1) is 16.3 Å². The lowest BCUT2D eigenvalue weighted by molar-refractivity contribution is 0.356. The number of nitrogens with one attached hydrogen (secondary N) is 1. The molecule has 0 bridgehead atoms. The first-order chi connectivity index (χ1) is 8.11. The number of hydrogen-bond acceptors (Lipinski definition) is 3. The molecule has 0 aliphatic carbocycles. The Morgan fingerprint density at radius 1 is 1.33 bits per heavy atom. The van der Waals surface area contributed by atoms with Crippen LogP contribution in [-0.2, 0) is 9.84 Å². The molecule has 2 rings (SSSR count). The molecule has 1 aromatic rings. The Kier molecular flexibility index (Phi) is 3.26. The lowest BCUT2D eigenvalue weighted by Gasteiger charge is -2.36. The topological polar surface area (TPSA) is 46.2 Å². The minimum atomic E-state index is -3.21. The Morgan fingerprint density at radius 3 is 2.50 bits per heavy atom. The largest absolute Gasteiger partial charge is 0.379 e. The summed E-state index contributed by atoms with van der Waals surface area (Å²) in [5.74, 6) is 0.152. The van der Waals surface area contributed by atoms with Crippen molar-refractivity contribution in [2.45, 2.75) is 38.6 Å². The highest BCUT2D eigenvalue weighted by molar-refractivity contribution is 9.10. The van der Waals surface area contributed by atoms with E-state index in [9.17, 15) is 8.42 Å². The molecule has 100 valence electrons. The molecule has 0 spiro atoms. The zero-order valence-electron chi connectivity index (χ0n) is 11.0. The van der Waals surface area contributed by atoms with E-state index in [0.717, 1.165) is 10.0 Å². The average molecular weight is 332 g/mol. The summed E-state index contributed by atoms with van der Waals surface area (Å²) in [6.07, 6.45) is 0. The lowest BCUT2D eigenvalue weighted by Crippen LogP contribution is -2.43. The van der Waals surface area contributed by atoms with Crippen molar-refractivity contribution in [2.75, 3.05) is 11.1 Å². The van der Waals surface area contributed by atoms with Crippen LogP contribution in [0.15, 0.2) is 21.5 Å².